The fourth-order valence-corrected chi connectivity index (χ4v) is 3.25. The third kappa shape index (κ3) is 2.54. The van der Waals surface area contributed by atoms with Crippen LogP contribution in [-0.2, 0) is 6.42 Å². The summed E-state index contributed by atoms with van der Waals surface area (Å²) in [6.45, 7) is 0. The lowest BCUT2D eigenvalue weighted by atomic mass is 10.1. The number of halogens is 1. The Labute approximate surface area is 131 Å². The van der Waals surface area contributed by atoms with Gasteiger partial charge in [-0.2, -0.15) is 5.26 Å². The number of aliphatic hydroxyl groups excluding tert-OH is 1. The van der Waals surface area contributed by atoms with Crippen LogP contribution in [0.5, 0.6) is 11.5 Å². The van der Waals surface area contributed by atoms with Crippen LogP contribution in [0.1, 0.15) is 22.8 Å². The number of rotatable bonds is 3. The number of aliphatic hydroxyl groups is 1. The number of benzene rings is 1. The molecule has 0 radical (unpaired) electrons. The lowest BCUT2D eigenvalue weighted by molar-refractivity contribution is 0.0908. The maximum Gasteiger partial charge on any atom is 0.147 e. The van der Waals surface area contributed by atoms with Gasteiger partial charge in [-0.3, -0.25) is 4.98 Å². The normalized spacial score (nSPS) is 19.5. The Morgan fingerprint density at radius 3 is 3.00 bits per heavy atom. The molecule has 0 unspecified atom stereocenters. The van der Waals surface area contributed by atoms with E-state index < -0.39 is 12.3 Å². The molecule has 0 spiro atoms. The molecule has 1 aromatic carbocycles. The zero-order valence-electron chi connectivity index (χ0n) is 11.8. The highest BCUT2D eigenvalue weighted by Gasteiger charge is 2.35. The molecule has 0 fully saturated rings. The van der Waals surface area contributed by atoms with Crippen molar-refractivity contribution in [2.45, 2.75) is 23.6 Å². The van der Waals surface area contributed by atoms with Crippen molar-refractivity contribution in [3.05, 3.63) is 47.3 Å². The molecule has 2 aromatic rings. The van der Waals surface area contributed by atoms with E-state index in [2.05, 4.69) is 4.98 Å². The number of aromatic nitrogens is 1. The molecule has 4 nitrogen and oxygen atoms in total. The van der Waals surface area contributed by atoms with E-state index in [0.29, 0.717) is 28.2 Å². The number of alkyl halides is 1. The summed E-state index contributed by atoms with van der Waals surface area (Å²) in [5, 5.41) is 18.9. The van der Waals surface area contributed by atoms with E-state index >= 15 is 0 Å². The van der Waals surface area contributed by atoms with Crippen molar-refractivity contribution in [1.82, 2.24) is 4.98 Å². The number of hydrogen-bond donors (Lipinski definition) is 1. The maximum atomic E-state index is 13.9. The van der Waals surface area contributed by atoms with Gasteiger partial charge in [-0.1, -0.05) is 0 Å². The van der Waals surface area contributed by atoms with Gasteiger partial charge in [-0.05, 0) is 18.4 Å². The predicted molar refractivity (Wildman–Crippen MR) is 80.8 cm³/mol. The minimum atomic E-state index is -1.32. The molecule has 22 heavy (non-hydrogen) atoms. The highest BCUT2D eigenvalue weighted by atomic mass is 32.2. The molecule has 6 heteroatoms. The van der Waals surface area contributed by atoms with Crippen LogP contribution >= 0.6 is 11.8 Å². The second-order valence-corrected chi connectivity index (χ2v) is 5.79. The number of fused-ring (bicyclic) bond motifs is 1. The van der Waals surface area contributed by atoms with Gasteiger partial charge in [0.05, 0.1) is 11.8 Å². The van der Waals surface area contributed by atoms with E-state index in [1.165, 1.54) is 24.2 Å². The van der Waals surface area contributed by atoms with Gasteiger partial charge in [0.2, 0.25) is 0 Å². The second-order valence-electron chi connectivity index (χ2n) is 4.95. The van der Waals surface area contributed by atoms with Crippen molar-refractivity contribution in [3.63, 3.8) is 0 Å². The van der Waals surface area contributed by atoms with Gasteiger partial charge >= 0.3 is 0 Å². The minimum absolute atomic E-state index is 0.117. The summed E-state index contributed by atoms with van der Waals surface area (Å²) in [5.41, 5.74) is 1.66. The number of hydrogen-bond acceptors (Lipinski definition) is 5. The third-order valence-corrected chi connectivity index (χ3v) is 4.40. The van der Waals surface area contributed by atoms with Crippen molar-refractivity contribution in [2.24, 2.45) is 0 Å². The third-order valence-electron chi connectivity index (χ3n) is 3.60. The molecule has 1 aliphatic carbocycles. The summed E-state index contributed by atoms with van der Waals surface area (Å²) in [5.74, 6) is 0.902. The van der Waals surface area contributed by atoms with Gasteiger partial charge in [0.15, 0.2) is 0 Å². The zero-order chi connectivity index (χ0) is 15.7. The summed E-state index contributed by atoms with van der Waals surface area (Å²) < 4.78 is 19.7. The minimum Gasteiger partial charge on any atom is -0.455 e. The first-order valence-corrected chi connectivity index (χ1v) is 7.91. The molecule has 2 atom stereocenters. The van der Waals surface area contributed by atoms with Crippen LogP contribution in [0.15, 0.2) is 35.5 Å². The van der Waals surface area contributed by atoms with Gasteiger partial charge in [-0.15, -0.1) is 11.8 Å². The number of thioether (sulfide) groups is 1. The molecular weight excluding hydrogens is 303 g/mol. The first-order chi connectivity index (χ1) is 10.6. The zero-order valence-corrected chi connectivity index (χ0v) is 12.6. The lowest BCUT2D eigenvalue weighted by Crippen LogP contribution is -2.06. The van der Waals surface area contributed by atoms with Crippen LogP contribution < -0.4 is 4.74 Å². The number of nitriles is 1. The molecule has 1 aliphatic rings. The van der Waals surface area contributed by atoms with Gasteiger partial charge in [0, 0.05) is 34.7 Å². The summed E-state index contributed by atoms with van der Waals surface area (Å²) in [7, 11) is 0. The number of nitrogens with zero attached hydrogens (tertiary/aromatic N) is 2. The SMILES string of the molecule is CSc1ccc(Oc2cncc(C#N)c2)c2c1[C@H](O)[C@H](F)C2. The molecule has 0 saturated carbocycles. The van der Waals surface area contributed by atoms with Crippen molar-refractivity contribution in [1.29, 1.82) is 5.26 Å². The summed E-state index contributed by atoms with van der Waals surface area (Å²) in [4.78, 5) is 4.78. The first-order valence-electron chi connectivity index (χ1n) is 6.69. The molecule has 0 aliphatic heterocycles. The van der Waals surface area contributed by atoms with Crippen molar-refractivity contribution in [3.8, 4) is 17.6 Å². The number of pyridine rings is 1. The summed E-state index contributed by atoms with van der Waals surface area (Å²) in [6.07, 6.45) is 2.49. The van der Waals surface area contributed by atoms with E-state index in [4.69, 9.17) is 10.00 Å². The fourth-order valence-electron chi connectivity index (χ4n) is 2.58. The number of ether oxygens (including phenoxy) is 1. The molecule has 3 rings (SSSR count). The quantitative estimate of drug-likeness (QED) is 0.879. The van der Waals surface area contributed by atoms with E-state index in [1.54, 1.807) is 12.1 Å². The Balaban J connectivity index is 2.01. The second kappa shape index (κ2) is 5.95. The average Bonchev–Trinajstić information content (AvgIpc) is 2.84. The highest BCUT2D eigenvalue weighted by molar-refractivity contribution is 7.98. The van der Waals surface area contributed by atoms with Crippen LogP contribution in [-0.4, -0.2) is 22.5 Å². The Bertz CT molecular complexity index is 760. The summed E-state index contributed by atoms with van der Waals surface area (Å²) >= 11 is 1.46. The lowest BCUT2D eigenvalue weighted by Gasteiger charge is -2.14. The van der Waals surface area contributed by atoms with Crippen LogP contribution in [0.4, 0.5) is 4.39 Å². The van der Waals surface area contributed by atoms with Crippen molar-refractivity contribution < 1.29 is 14.2 Å². The Morgan fingerprint density at radius 2 is 2.27 bits per heavy atom. The average molecular weight is 316 g/mol. The van der Waals surface area contributed by atoms with E-state index in [9.17, 15) is 9.50 Å². The smallest absolute Gasteiger partial charge is 0.147 e. The maximum absolute atomic E-state index is 13.9. The van der Waals surface area contributed by atoms with Crippen molar-refractivity contribution in [2.75, 3.05) is 6.26 Å². The van der Waals surface area contributed by atoms with E-state index in [0.717, 1.165) is 4.90 Å². The molecule has 0 amide bonds. The van der Waals surface area contributed by atoms with Gasteiger partial charge in [0.25, 0.3) is 0 Å². The summed E-state index contributed by atoms with van der Waals surface area (Å²) in [6, 6.07) is 7.13. The first kappa shape index (κ1) is 14.8. The van der Waals surface area contributed by atoms with E-state index in [1.807, 2.05) is 18.4 Å². The monoisotopic (exact) mass is 316 g/mol. The van der Waals surface area contributed by atoms with Crippen LogP contribution in [0.3, 0.4) is 0 Å². The molecule has 1 N–H and O–H groups in total. The molecule has 1 heterocycles. The largest absolute Gasteiger partial charge is 0.455 e. The molecule has 1 aromatic heterocycles. The van der Waals surface area contributed by atoms with Gasteiger partial charge in [0.1, 0.15) is 29.8 Å². The van der Waals surface area contributed by atoms with Crippen molar-refractivity contribution >= 4 is 11.8 Å². The van der Waals surface area contributed by atoms with E-state index in [-0.39, 0.29) is 6.42 Å². The van der Waals surface area contributed by atoms with Gasteiger partial charge in [-0.25, -0.2) is 4.39 Å². The highest BCUT2D eigenvalue weighted by Crippen LogP contribution is 2.44. The van der Waals surface area contributed by atoms with Crippen LogP contribution in [0.2, 0.25) is 0 Å². The molecule has 0 bridgehead atoms. The molecule has 112 valence electrons. The fraction of sp³-hybridized carbons (Fsp3) is 0.250. The topological polar surface area (TPSA) is 66.1 Å². The Hall–Kier alpha value is -2.10. The Morgan fingerprint density at radius 1 is 1.45 bits per heavy atom. The Kier molecular flexibility index (Phi) is 4.01. The molecule has 0 saturated heterocycles. The van der Waals surface area contributed by atoms with Gasteiger partial charge < -0.3 is 9.84 Å². The molecular formula is C16H13FN2O2S. The standard InChI is InChI=1S/C16H13FN2O2S/c1-22-14-3-2-13(11-5-12(17)16(20)15(11)14)21-10-4-9(6-18)7-19-8-10/h2-4,7-8,12,16,20H,5H2,1H3/t12-,16-/m1/s1. The van der Waals surface area contributed by atoms with Crippen LogP contribution in [0.25, 0.3) is 0 Å². The predicted octanol–water partition coefficient (Wildman–Crippen LogP) is 3.40. The van der Waals surface area contributed by atoms with Crippen LogP contribution in [0, 0.1) is 11.3 Å².